The summed E-state index contributed by atoms with van der Waals surface area (Å²) in [6.07, 6.45) is -0.293. The van der Waals surface area contributed by atoms with E-state index in [0.717, 1.165) is 21.5 Å². The molecule has 0 saturated carbocycles. The monoisotopic (exact) mass is 417 g/mol. The number of carbonyl (C=O) groups is 2. The van der Waals surface area contributed by atoms with Crippen LogP contribution in [0.4, 0.5) is 10.5 Å². The van der Waals surface area contributed by atoms with Crippen molar-refractivity contribution in [2.24, 2.45) is 0 Å². The topological polar surface area (TPSA) is 64.1 Å². The van der Waals surface area contributed by atoms with E-state index in [9.17, 15) is 14.7 Å². The van der Waals surface area contributed by atoms with Crippen molar-refractivity contribution in [3.8, 4) is 0 Å². The van der Waals surface area contributed by atoms with E-state index in [0.29, 0.717) is 18.1 Å². The van der Waals surface area contributed by atoms with Gasteiger partial charge in [-0.2, -0.15) is 0 Å². The number of nitrogens with zero attached hydrogens (tertiary/aromatic N) is 3. The molecule has 1 aromatic carbocycles. The van der Waals surface area contributed by atoms with E-state index in [1.807, 2.05) is 17.1 Å². The van der Waals surface area contributed by atoms with E-state index in [1.54, 1.807) is 31.8 Å². The number of carbonyl (C=O) groups excluding carboxylic acids is 1. The van der Waals surface area contributed by atoms with Crippen LogP contribution in [0.1, 0.15) is 27.2 Å². The summed E-state index contributed by atoms with van der Waals surface area (Å²) < 4.78 is 0.720. The molecule has 1 aromatic rings. The first-order valence-corrected chi connectivity index (χ1v) is 8.82. The standard InChI is InChI=1S/C16H21BrClN3O3/c1-16(2,3)19(15(23)24)10-13(22)21-9-5-8-20(21)12-7-4-6-11(18)14(12)17/h4,6-7H,5,8-10H2,1-3H3,(H,23,24). The van der Waals surface area contributed by atoms with Crippen LogP contribution in [-0.2, 0) is 4.79 Å². The summed E-state index contributed by atoms with van der Waals surface area (Å²) in [4.78, 5) is 25.3. The summed E-state index contributed by atoms with van der Waals surface area (Å²) >= 11 is 9.60. The van der Waals surface area contributed by atoms with Crippen LogP contribution in [0, 0.1) is 0 Å². The summed E-state index contributed by atoms with van der Waals surface area (Å²) in [6.45, 7) is 6.34. The molecule has 1 N–H and O–H groups in total. The predicted molar refractivity (Wildman–Crippen MR) is 97.3 cm³/mol. The highest BCUT2D eigenvalue weighted by molar-refractivity contribution is 9.10. The maximum absolute atomic E-state index is 12.7. The molecular formula is C16H21BrClN3O3. The molecule has 1 fully saturated rings. The second kappa shape index (κ2) is 7.19. The third kappa shape index (κ3) is 3.95. The summed E-state index contributed by atoms with van der Waals surface area (Å²) in [5.74, 6) is -0.253. The molecule has 132 valence electrons. The SMILES string of the molecule is CC(C)(C)N(CC(=O)N1CCCN1c1cccc(Cl)c1Br)C(=O)O. The van der Waals surface area contributed by atoms with Crippen LogP contribution < -0.4 is 5.01 Å². The number of amides is 2. The lowest BCUT2D eigenvalue weighted by Gasteiger charge is -2.36. The van der Waals surface area contributed by atoms with Gasteiger partial charge in [-0.05, 0) is 55.3 Å². The minimum absolute atomic E-state index is 0.187. The van der Waals surface area contributed by atoms with Gasteiger partial charge in [0.05, 0.1) is 15.2 Å². The van der Waals surface area contributed by atoms with Crippen LogP contribution in [0.3, 0.4) is 0 Å². The van der Waals surface area contributed by atoms with Gasteiger partial charge < -0.3 is 5.11 Å². The molecule has 0 aromatic heterocycles. The molecule has 2 rings (SSSR count). The Morgan fingerprint density at radius 1 is 1.33 bits per heavy atom. The molecule has 2 amide bonds. The van der Waals surface area contributed by atoms with Crippen molar-refractivity contribution in [1.82, 2.24) is 9.91 Å². The van der Waals surface area contributed by atoms with Crippen molar-refractivity contribution in [3.63, 3.8) is 0 Å². The zero-order valence-corrected chi connectivity index (χ0v) is 16.3. The number of benzene rings is 1. The molecule has 1 heterocycles. The molecule has 8 heteroatoms. The Morgan fingerprint density at radius 3 is 2.58 bits per heavy atom. The van der Waals surface area contributed by atoms with E-state index in [4.69, 9.17) is 11.6 Å². The number of hydrazine groups is 1. The third-order valence-electron chi connectivity index (χ3n) is 3.86. The summed E-state index contributed by atoms with van der Waals surface area (Å²) in [7, 11) is 0. The van der Waals surface area contributed by atoms with Crippen molar-refractivity contribution in [3.05, 3.63) is 27.7 Å². The number of halogens is 2. The molecule has 0 radical (unpaired) electrons. The highest BCUT2D eigenvalue weighted by atomic mass is 79.9. The number of hydrogen-bond acceptors (Lipinski definition) is 3. The van der Waals surface area contributed by atoms with Gasteiger partial charge in [-0.25, -0.2) is 4.79 Å². The molecule has 1 aliphatic heterocycles. The van der Waals surface area contributed by atoms with Crippen LogP contribution in [0.15, 0.2) is 22.7 Å². The second-order valence-corrected chi connectivity index (χ2v) is 7.81. The Hall–Kier alpha value is -1.47. The zero-order valence-electron chi connectivity index (χ0n) is 13.9. The molecule has 0 unspecified atom stereocenters. The van der Waals surface area contributed by atoms with Crippen molar-refractivity contribution in [1.29, 1.82) is 0 Å². The number of rotatable bonds is 3. The minimum Gasteiger partial charge on any atom is -0.465 e. The first-order chi connectivity index (χ1) is 11.1. The zero-order chi connectivity index (χ0) is 18.1. The van der Waals surface area contributed by atoms with Gasteiger partial charge in [0.1, 0.15) is 6.54 Å². The Bertz CT molecular complexity index is 648. The highest BCUT2D eigenvalue weighted by Crippen LogP contribution is 2.35. The molecule has 24 heavy (non-hydrogen) atoms. The van der Waals surface area contributed by atoms with Crippen molar-refractivity contribution in [2.75, 3.05) is 24.6 Å². The quantitative estimate of drug-likeness (QED) is 0.810. The minimum atomic E-state index is -1.11. The molecule has 0 bridgehead atoms. The van der Waals surface area contributed by atoms with Crippen molar-refractivity contribution >= 4 is 45.2 Å². The van der Waals surface area contributed by atoms with E-state index in [-0.39, 0.29) is 12.5 Å². The lowest BCUT2D eigenvalue weighted by atomic mass is 10.1. The van der Waals surface area contributed by atoms with Crippen LogP contribution in [-0.4, -0.2) is 52.2 Å². The third-order valence-corrected chi connectivity index (χ3v) is 5.24. The lowest BCUT2D eigenvalue weighted by Crippen LogP contribution is -2.52. The van der Waals surface area contributed by atoms with Crippen LogP contribution in [0.5, 0.6) is 0 Å². The smallest absolute Gasteiger partial charge is 0.408 e. The maximum atomic E-state index is 12.7. The largest absolute Gasteiger partial charge is 0.465 e. The predicted octanol–water partition coefficient (Wildman–Crippen LogP) is 3.83. The fraction of sp³-hybridized carbons (Fsp3) is 0.500. The molecule has 1 saturated heterocycles. The Balaban J connectivity index is 2.22. The molecule has 6 nitrogen and oxygen atoms in total. The lowest BCUT2D eigenvalue weighted by molar-refractivity contribution is -0.132. The molecule has 1 aliphatic rings. The highest BCUT2D eigenvalue weighted by Gasteiger charge is 2.34. The van der Waals surface area contributed by atoms with Gasteiger partial charge in [-0.15, -0.1) is 0 Å². The summed E-state index contributed by atoms with van der Waals surface area (Å²) in [5.41, 5.74) is 0.147. The van der Waals surface area contributed by atoms with Gasteiger partial charge in [0.2, 0.25) is 0 Å². The summed E-state index contributed by atoms with van der Waals surface area (Å²) in [6, 6.07) is 5.46. The van der Waals surface area contributed by atoms with E-state index in [1.165, 1.54) is 0 Å². The molecular weight excluding hydrogens is 398 g/mol. The fourth-order valence-corrected chi connectivity index (χ4v) is 3.26. The number of anilines is 1. The van der Waals surface area contributed by atoms with Gasteiger partial charge in [0, 0.05) is 18.6 Å². The Morgan fingerprint density at radius 2 is 2.00 bits per heavy atom. The van der Waals surface area contributed by atoms with Gasteiger partial charge in [-0.3, -0.25) is 19.7 Å². The molecule has 0 aliphatic carbocycles. The van der Waals surface area contributed by atoms with E-state index >= 15 is 0 Å². The van der Waals surface area contributed by atoms with Crippen LogP contribution >= 0.6 is 27.5 Å². The van der Waals surface area contributed by atoms with E-state index in [2.05, 4.69) is 15.9 Å². The van der Waals surface area contributed by atoms with Crippen LogP contribution in [0.2, 0.25) is 5.02 Å². The van der Waals surface area contributed by atoms with Gasteiger partial charge in [-0.1, -0.05) is 17.7 Å². The Labute approximate surface area is 155 Å². The first-order valence-electron chi connectivity index (χ1n) is 7.65. The van der Waals surface area contributed by atoms with Gasteiger partial charge in [0.15, 0.2) is 0 Å². The molecule has 0 atom stereocenters. The average Bonchev–Trinajstić information content (AvgIpc) is 2.95. The second-order valence-electron chi connectivity index (χ2n) is 6.61. The number of hydrogen-bond donors (Lipinski definition) is 1. The summed E-state index contributed by atoms with van der Waals surface area (Å²) in [5, 5.41) is 13.4. The number of carboxylic acid groups (broad SMARTS) is 1. The van der Waals surface area contributed by atoms with E-state index < -0.39 is 11.6 Å². The first kappa shape index (κ1) is 18.9. The molecule has 0 spiro atoms. The van der Waals surface area contributed by atoms with Crippen LogP contribution in [0.25, 0.3) is 0 Å². The maximum Gasteiger partial charge on any atom is 0.408 e. The van der Waals surface area contributed by atoms with Crippen molar-refractivity contribution in [2.45, 2.75) is 32.7 Å². The Kier molecular flexibility index (Phi) is 5.65. The van der Waals surface area contributed by atoms with Crippen molar-refractivity contribution < 1.29 is 14.7 Å². The average molecular weight is 419 g/mol. The van der Waals surface area contributed by atoms with Gasteiger partial charge >= 0.3 is 6.09 Å². The normalized spacial score (nSPS) is 14.9. The van der Waals surface area contributed by atoms with Gasteiger partial charge in [0.25, 0.3) is 5.91 Å². The fourth-order valence-electron chi connectivity index (χ4n) is 2.62.